The quantitative estimate of drug-likeness (QED) is 0.847. The lowest BCUT2D eigenvalue weighted by atomic mass is 10.2. The van der Waals surface area contributed by atoms with Crippen molar-refractivity contribution < 1.29 is 13.2 Å². The first-order valence-electron chi connectivity index (χ1n) is 8.48. The van der Waals surface area contributed by atoms with Gasteiger partial charge in [-0.2, -0.15) is 18.3 Å². The van der Waals surface area contributed by atoms with Crippen LogP contribution in [0.15, 0.2) is 30.7 Å². The van der Waals surface area contributed by atoms with E-state index in [0.717, 1.165) is 37.7 Å². The molecular weight excluding hydrogens is 331 g/mol. The molecule has 25 heavy (non-hydrogen) atoms. The molecule has 3 rings (SSSR count). The van der Waals surface area contributed by atoms with Gasteiger partial charge in [-0.15, -0.1) is 0 Å². The predicted octanol–water partition coefficient (Wildman–Crippen LogP) is 3.03. The van der Waals surface area contributed by atoms with Gasteiger partial charge < -0.3 is 4.90 Å². The Balaban J connectivity index is 1.68. The Morgan fingerprint density at radius 1 is 1.16 bits per heavy atom. The van der Waals surface area contributed by atoms with Crippen molar-refractivity contribution in [3.63, 3.8) is 0 Å². The summed E-state index contributed by atoms with van der Waals surface area (Å²) in [6, 6.07) is 2.44. The molecule has 0 radical (unpaired) electrons. The van der Waals surface area contributed by atoms with E-state index >= 15 is 0 Å². The Morgan fingerprint density at radius 3 is 2.72 bits per heavy atom. The maximum absolute atomic E-state index is 13.2. The molecule has 3 heterocycles. The van der Waals surface area contributed by atoms with Crippen LogP contribution in [-0.4, -0.2) is 45.8 Å². The third-order valence-electron chi connectivity index (χ3n) is 4.40. The molecule has 2 aromatic rings. The SMILES string of the molecule is CCn1cc(CN2CCCN(c3ncccc3C(F)(F)F)CC2)cn1. The number of halogens is 3. The Morgan fingerprint density at radius 2 is 2.00 bits per heavy atom. The Labute approximate surface area is 145 Å². The van der Waals surface area contributed by atoms with E-state index in [1.807, 2.05) is 24.0 Å². The first kappa shape index (κ1) is 17.7. The molecule has 8 heteroatoms. The average Bonchev–Trinajstić information content (AvgIpc) is 2.91. The lowest BCUT2D eigenvalue weighted by molar-refractivity contribution is -0.137. The van der Waals surface area contributed by atoms with Crippen molar-refractivity contribution in [3.05, 3.63) is 41.9 Å². The van der Waals surface area contributed by atoms with Crippen molar-refractivity contribution in [2.75, 3.05) is 31.1 Å². The minimum absolute atomic E-state index is 0.0376. The molecule has 1 aliphatic rings. The highest BCUT2D eigenvalue weighted by atomic mass is 19.4. The molecule has 136 valence electrons. The van der Waals surface area contributed by atoms with Crippen molar-refractivity contribution in [2.45, 2.75) is 32.6 Å². The summed E-state index contributed by atoms with van der Waals surface area (Å²) < 4.78 is 41.5. The minimum Gasteiger partial charge on any atom is -0.355 e. The third kappa shape index (κ3) is 4.31. The molecular formula is C17H22F3N5. The van der Waals surface area contributed by atoms with E-state index in [-0.39, 0.29) is 5.82 Å². The van der Waals surface area contributed by atoms with Crippen LogP contribution < -0.4 is 4.90 Å². The molecule has 5 nitrogen and oxygen atoms in total. The van der Waals surface area contributed by atoms with E-state index < -0.39 is 11.7 Å². The van der Waals surface area contributed by atoms with Crippen molar-refractivity contribution in [3.8, 4) is 0 Å². The topological polar surface area (TPSA) is 37.2 Å². The van der Waals surface area contributed by atoms with Gasteiger partial charge in [0.2, 0.25) is 0 Å². The summed E-state index contributed by atoms with van der Waals surface area (Å²) in [4.78, 5) is 8.01. The summed E-state index contributed by atoms with van der Waals surface area (Å²) in [5, 5.41) is 4.27. The highest BCUT2D eigenvalue weighted by Crippen LogP contribution is 2.35. The zero-order valence-corrected chi connectivity index (χ0v) is 14.2. The molecule has 0 saturated carbocycles. The van der Waals surface area contributed by atoms with Crippen LogP contribution in [-0.2, 0) is 19.3 Å². The van der Waals surface area contributed by atoms with E-state index in [0.29, 0.717) is 19.6 Å². The number of pyridine rings is 1. The number of hydrogen-bond donors (Lipinski definition) is 0. The first-order chi connectivity index (χ1) is 12.0. The average molecular weight is 353 g/mol. The van der Waals surface area contributed by atoms with E-state index in [1.54, 1.807) is 4.90 Å². The van der Waals surface area contributed by atoms with Crippen LogP contribution in [0.2, 0.25) is 0 Å². The zero-order valence-electron chi connectivity index (χ0n) is 14.2. The van der Waals surface area contributed by atoms with Gasteiger partial charge in [-0.25, -0.2) is 4.98 Å². The summed E-state index contributed by atoms with van der Waals surface area (Å²) in [6.45, 7) is 6.28. The molecule has 0 aliphatic carbocycles. The van der Waals surface area contributed by atoms with Crippen LogP contribution in [0.5, 0.6) is 0 Å². The zero-order chi connectivity index (χ0) is 17.9. The lowest BCUT2D eigenvalue weighted by Gasteiger charge is -2.25. The molecule has 2 aromatic heterocycles. The summed E-state index contributed by atoms with van der Waals surface area (Å²) in [7, 11) is 0. The molecule has 0 atom stereocenters. The van der Waals surface area contributed by atoms with Gasteiger partial charge in [0, 0.05) is 57.2 Å². The second kappa shape index (κ2) is 7.43. The lowest BCUT2D eigenvalue weighted by Crippen LogP contribution is -2.32. The third-order valence-corrected chi connectivity index (χ3v) is 4.40. The molecule has 0 unspecified atom stereocenters. The number of hydrogen-bond acceptors (Lipinski definition) is 4. The number of anilines is 1. The fourth-order valence-electron chi connectivity index (χ4n) is 3.13. The van der Waals surface area contributed by atoms with Gasteiger partial charge in [-0.05, 0) is 25.5 Å². The highest BCUT2D eigenvalue weighted by molar-refractivity contribution is 5.48. The van der Waals surface area contributed by atoms with Crippen molar-refractivity contribution in [1.82, 2.24) is 19.7 Å². The van der Waals surface area contributed by atoms with Gasteiger partial charge >= 0.3 is 6.18 Å². The molecule has 1 saturated heterocycles. The Hall–Kier alpha value is -2.09. The van der Waals surface area contributed by atoms with E-state index in [4.69, 9.17) is 0 Å². The molecule has 0 bridgehead atoms. The fraction of sp³-hybridized carbons (Fsp3) is 0.529. The largest absolute Gasteiger partial charge is 0.419 e. The van der Waals surface area contributed by atoms with E-state index in [2.05, 4.69) is 15.0 Å². The molecule has 0 N–H and O–H groups in total. The predicted molar refractivity (Wildman–Crippen MR) is 89.2 cm³/mol. The second-order valence-corrected chi connectivity index (χ2v) is 6.19. The van der Waals surface area contributed by atoms with Crippen LogP contribution in [0.25, 0.3) is 0 Å². The monoisotopic (exact) mass is 353 g/mol. The number of aromatic nitrogens is 3. The molecule has 1 fully saturated rings. The van der Waals surface area contributed by atoms with Crippen LogP contribution in [0.3, 0.4) is 0 Å². The number of nitrogens with zero attached hydrogens (tertiary/aromatic N) is 5. The van der Waals surface area contributed by atoms with Crippen LogP contribution in [0, 0.1) is 0 Å². The maximum atomic E-state index is 13.2. The summed E-state index contributed by atoms with van der Waals surface area (Å²) in [5.41, 5.74) is 0.469. The Bertz CT molecular complexity index is 698. The number of alkyl halides is 3. The van der Waals surface area contributed by atoms with E-state index in [1.165, 1.54) is 12.3 Å². The summed E-state index contributed by atoms with van der Waals surface area (Å²) in [6.07, 6.45) is 1.71. The Kier molecular flexibility index (Phi) is 5.27. The van der Waals surface area contributed by atoms with Gasteiger partial charge in [0.15, 0.2) is 0 Å². The highest BCUT2D eigenvalue weighted by Gasteiger charge is 2.35. The fourth-order valence-corrected chi connectivity index (χ4v) is 3.13. The molecule has 0 spiro atoms. The molecule has 0 amide bonds. The maximum Gasteiger partial charge on any atom is 0.419 e. The van der Waals surface area contributed by atoms with Gasteiger partial charge in [-0.1, -0.05) is 0 Å². The standard InChI is InChI=1S/C17H22F3N5/c1-2-25-13-14(11-22-25)12-23-7-4-8-24(10-9-23)16-15(17(18,19)20)5-3-6-21-16/h3,5-6,11,13H,2,4,7-10,12H2,1H3. The molecule has 0 aromatic carbocycles. The number of aryl methyl sites for hydroxylation is 1. The van der Waals surface area contributed by atoms with E-state index in [9.17, 15) is 13.2 Å². The number of rotatable bonds is 4. The van der Waals surface area contributed by atoms with Gasteiger partial charge in [-0.3, -0.25) is 9.58 Å². The normalized spacial score (nSPS) is 16.9. The van der Waals surface area contributed by atoms with Gasteiger partial charge in [0.1, 0.15) is 5.82 Å². The van der Waals surface area contributed by atoms with Crippen molar-refractivity contribution in [1.29, 1.82) is 0 Å². The van der Waals surface area contributed by atoms with Crippen molar-refractivity contribution in [2.24, 2.45) is 0 Å². The second-order valence-electron chi connectivity index (χ2n) is 6.19. The molecule has 1 aliphatic heterocycles. The van der Waals surface area contributed by atoms with Crippen LogP contribution in [0.4, 0.5) is 19.0 Å². The van der Waals surface area contributed by atoms with Crippen molar-refractivity contribution >= 4 is 5.82 Å². The van der Waals surface area contributed by atoms with Crippen LogP contribution in [0.1, 0.15) is 24.5 Å². The van der Waals surface area contributed by atoms with Crippen LogP contribution >= 0.6 is 0 Å². The van der Waals surface area contributed by atoms with Gasteiger partial charge in [0.05, 0.1) is 11.8 Å². The first-order valence-corrected chi connectivity index (χ1v) is 8.48. The summed E-state index contributed by atoms with van der Waals surface area (Å²) >= 11 is 0. The smallest absolute Gasteiger partial charge is 0.355 e. The summed E-state index contributed by atoms with van der Waals surface area (Å²) in [5.74, 6) is 0.0376. The minimum atomic E-state index is -4.38. The van der Waals surface area contributed by atoms with Gasteiger partial charge in [0.25, 0.3) is 0 Å².